The van der Waals surface area contributed by atoms with E-state index in [4.69, 9.17) is 0 Å². The monoisotopic (exact) mass is 535 g/mol. The predicted molar refractivity (Wildman–Crippen MR) is 151 cm³/mol. The summed E-state index contributed by atoms with van der Waals surface area (Å²) in [4.78, 5) is 16.8. The van der Waals surface area contributed by atoms with E-state index in [9.17, 15) is 4.39 Å². The summed E-state index contributed by atoms with van der Waals surface area (Å²) in [5, 5.41) is 11.7. The highest BCUT2D eigenvalue weighted by molar-refractivity contribution is 5.97. The van der Waals surface area contributed by atoms with Crippen molar-refractivity contribution < 1.29 is 8.78 Å². The maximum atomic E-state index is 15.3. The first-order valence-electron chi connectivity index (χ1n) is 13.6. The molecule has 3 N–H and O–H groups in total. The van der Waals surface area contributed by atoms with Crippen LogP contribution in [0.25, 0.3) is 55.8 Å². The summed E-state index contributed by atoms with van der Waals surface area (Å²) in [6, 6.07) is 13.4. The van der Waals surface area contributed by atoms with E-state index in [1.165, 1.54) is 43.9 Å². The van der Waals surface area contributed by atoms with E-state index in [0.29, 0.717) is 45.9 Å². The zero-order valence-electron chi connectivity index (χ0n) is 21.7. The number of pyridine rings is 2. The zero-order valence-corrected chi connectivity index (χ0v) is 21.7. The molecule has 0 aliphatic heterocycles. The molecule has 0 unspecified atom stereocenters. The first-order chi connectivity index (χ1) is 19.6. The molecule has 4 aromatic heterocycles. The number of halogens is 2. The van der Waals surface area contributed by atoms with Gasteiger partial charge in [0.15, 0.2) is 11.5 Å². The number of imidazole rings is 1. The Hall–Kier alpha value is -4.50. The van der Waals surface area contributed by atoms with Crippen LogP contribution in [-0.4, -0.2) is 36.7 Å². The third-order valence-electron chi connectivity index (χ3n) is 7.76. The molecule has 40 heavy (non-hydrogen) atoms. The fourth-order valence-electron chi connectivity index (χ4n) is 5.70. The average molecular weight is 536 g/mol. The minimum Gasteiger partial charge on any atom is -0.335 e. The van der Waals surface area contributed by atoms with Gasteiger partial charge in [-0.2, -0.15) is 5.10 Å². The fraction of sp³-hybridized carbons (Fsp3) is 0.226. The second kappa shape index (κ2) is 10.2. The molecule has 7 rings (SSSR count). The molecule has 9 heteroatoms. The highest BCUT2D eigenvalue weighted by Gasteiger charge is 2.19. The van der Waals surface area contributed by atoms with Gasteiger partial charge in [-0.15, -0.1) is 0 Å². The Morgan fingerprint density at radius 3 is 2.62 bits per heavy atom. The maximum absolute atomic E-state index is 15.3. The van der Waals surface area contributed by atoms with Crippen LogP contribution in [0.5, 0.6) is 0 Å². The summed E-state index contributed by atoms with van der Waals surface area (Å²) < 4.78 is 28.8. The van der Waals surface area contributed by atoms with Crippen molar-refractivity contribution in [2.75, 3.05) is 6.54 Å². The Balaban J connectivity index is 1.22. The lowest BCUT2D eigenvalue weighted by Crippen LogP contribution is -2.20. The van der Waals surface area contributed by atoms with Gasteiger partial charge in [0.05, 0.1) is 11.0 Å². The lowest BCUT2D eigenvalue weighted by atomic mass is 10.0. The van der Waals surface area contributed by atoms with Crippen molar-refractivity contribution >= 4 is 22.1 Å². The average Bonchev–Trinajstić information content (AvgIpc) is 3.73. The van der Waals surface area contributed by atoms with Crippen LogP contribution < -0.4 is 5.32 Å². The molecule has 1 fully saturated rings. The number of hydrogen-bond acceptors (Lipinski definition) is 5. The van der Waals surface area contributed by atoms with Crippen molar-refractivity contribution in [2.24, 2.45) is 5.92 Å². The molecule has 0 bridgehead atoms. The molecule has 2 aromatic carbocycles. The summed E-state index contributed by atoms with van der Waals surface area (Å²) >= 11 is 0. The van der Waals surface area contributed by atoms with Crippen LogP contribution in [0.3, 0.4) is 0 Å². The summed E-state index contributed by atoms with van der Waals surface area (Å²) in [7, 11) is 0. The van der Waals surface area contributed by atoms with Gasteiger partial charge in [-0.25, -0.2) is 18.7 Å². The molecule has 0 saturated heterocycles. The molecule has 0 atom stereocenters. The summed E-state index contributed by atoms with van der Waals surface area (Å²) in [6.07, 6.45) is 10.4. The van der Waals surface area contributed by atoms with Crippen molar-refractivity contribution in [1.29, 1.82) is 0 Å². The molecule has 200 valence electrons. The number of rotatable bonds is 7. The van der Waals surface area contributed by atoms with Crippen LogP contribution in [0.15, 0.2) is 67.1 Å². The van der Waals surface area contributed by atoms with Crippen LogP contribution in [-0.2, 0) is 6.54 Å². The Morgan fingerprint density at radius 1 is 0.925 bits per heavy atom. The molecule has 0 radical (unpaired) electrons. The first kappa shape index (κ1) is 24.5. The van der Waals surface area contributed by atoms with Crippen LogP contribution in [0, 0.1) is 17.6 Å². The molecule has 6 aromatic rings. The van der Waals surface area contributed by atoms with Gasteiger partial charge in [-0.05, 0) is 66.8 Å². The number of nitrogens with one attached hydrogen (secondary N) is 3. The van der Waals surface area contributed by atoms with Crippen molar-refractivity contribution in [2.45, 2.75) is 32.2 Å². The molecule has 0 amide bonds. The Bertz CT molecular complexity index is 1820. The van der Waals surface area contributed by atoms with E-state index in [-0.39, 0.29) is 11.6 Å². The van der Waals surface area contributed by atoms with Gasteiger partial charge in [0, 0.05) is 53.3 Å². The number of aromatic amines is 2. The molecule has 7 nitrogen and oxygen atoms in total. The van der Waals surface area contributed by atoms with Crippen LogP contribution >= 0.6 is 0 Å². The van der Waals surface area contributed by atoms with Crippen molar-refractivity contribution in [3.63, 3.8) is 0 Å². The van der Waals surface area contributed by atoms with Gasteiger partial charge in [0.25, 0.3) is 0 Å². The van der Waals surface area contributed by atoms with Gasteiger partial charge in [0.1, 0.15) is 17.3 Å². The number of H-pyrrole nitrogens is 2. The highest BCUT2D eigenvalue weighted by atomic mass is 19.1. The minimum atomic E-state index is -0.356. The van der Waals surface area contributed by atoms with Gasteiger partial charge in [-0.1, -0.05) is 25.0 Å². The molecule has 1 saturated carbocycles. The highest BCUT2D eigenvalue weighted by Crippen LogP contribution is 2.34. The van der Waals surface area contributed by atoms with Gasteiger partial charge >= 0.3 is 0 Å². The topological polar surface area (TPSA) is 95.2 Å². The van der Waals surface area contributed by atoms with E-state index < -0.39 is 0 Å². The third kappa shape index (κ3) is 4.62. The molecular formula is C31H27F2N7. The first-order valence-corrected chi connectivity index (χ1v) is 13.6. The van der Waals surface area contributed by atoms with E-state index in [1.807, 2.05) is 18.3 Å². The zero-order chi connectivity index (χ0) is 27.1. The van der Waals surface area contributed by atoms with E-state index >= 15 is 4.39 Å². The molecule has 4 heterocycles. The van der Waals surface area contributed by atoms with E-state index in [1.54, 1.807) is 30.6 Å². The quantitative estimate of drug-likeness (QED) is 0.209. The molecule has 1 aliphatic rings. The van der Waals surface area contributed by atoms with Gasteiger partial charge in [0.2, 0.25) is 0 Å². The van der Waals surface area contributed by atoms with Gasteiger partial charge in [-0.3, -0.25) is 10.1 Å². The summed E-state index contributed by atoms with van der Waals surface area (Å²) in [6.45, 7) is 1.69. The van der Waals surface area contributed by atoms with Crippen LogP contribution in [0.2, 0.25) is 0 Å². The van der Waals surface area contributed by atoms with Crippen molar-refractivity contribution in [3.05, 3.63) is 84.3 Å². The van der Waals surface area contributed by atoms with Gasteiger partial charge < -0.3 is 10.3 Å². The lowest BCUT2D eigenvalue weighted by Gasteiger charge is -2.11. The smallest absolute Gasteiger partial charge is 0.178 e. The SMILES string of the molecule is Fc1ccc(-c2ccnc3nc(-c4n[nH]c5cc(F)c(-c6cncc(CNCC7CCCC7)c6)cc45)[nH]c23)cc1. The third-order valence-corrected chi connectivity index (χ3v) is 7.76. The normalized spacial score (nSPS) is 14.1. The molecular weight excluding hydrogens is 508 g/mol. The number of aromatic nitrogens is 6. The Kier molecular flexibility index (Phi) is 6.28. The van der Waals surface area contributed by atoms with Crippen molar-refractivity contribution in [1.82, 2.24) is 35.5 Å². The molecule has 1 aliphatic carbocycles. The Labute approximate surface area is 229 Å². The summed E-state index contributed by atoms with van der Waals surface area (Å²) in [5.41, 5.74) is 6.19. The second-order valence-electron chi connectivity index (χ2n) is 10.5. The fourth-order valence-corrected chi connectivity index (χ4v) is 5.70. The largest absolute Gasteiger partial charge is 0.335 e. The number of nitrogens with zero attached hydrogens (tertiary/aromatic N) is 4. The molecule has 0 spiro atoms. The van der Waals surface area contributed by atoms with Crippen molar-refractivity contribution in [3.8, 4) is 33.8 Å². The maximum Gasteiger partial charge on any atom is 0.178 e. The lowest BCUT2D eigenvalue weighted by molar-refractivity contribution is 0.489. The van der Waals surface area contributed by atoms with E-state index in [2.05, 4.69) is 35.5 Å². The predicted octanol–water partition coefficient (Wildman–Crippen LogP) is 6.79. The standard InChI is InChI=1S/C31H27F2N7/c32-22-7-5-20(6-8-22)23-9-10-36-30-28(23)37-31(38-30)29-25-12-24(26(33)13-27(25)39-40-29)21-11-19(16-35-17-21)15-34-14-18-3-1-2-4-18/h5-13,16-18,34H,1-4,14-15H2,(H,39,40)(H,36,37,38). The number of fused-ring (bicyclic) bond motifs is 2. The van der Waals surface area contributed by atoms with Crippen LogP contribution in [0.4, 0.5) is 8.78 Å². The summed E-state index contributed by atoms with van der Waals surface area (Å²) in [5.74, 6) is 0.594. The van der Waals surface area contributed by atoms with E-state index in [0.717, 1.165) is 34.5 Å². The second-order valence-corrected chi connectivity index (χ2v) is 10.5. The van der Waals surface area contributed by atoms with Crippen LogP contribution in [0.1, 0.15) is 31.2 Å². The number of hydrogen-bond donors (Lipinski definition) is 3. The minimum absolute atomic E-state index is 0.300. The Morgan fingerprint density at radius 2 is 1.77 bits per heavy atom. The number of benzene rings is 2.